The van der Waals surface area contributed by atoms with Gasteiger partial charge in [0.15, 0.2) is 5.96 Å². The summed E-state index contributed by atoms with van der Waals surface area (Å²) >= 11 is 0. The van der Waals surface area contributed by atoms with Gasteiger partial charge in [-0.15, -0.1) is 0 Å². The fourth-order valence-corrected chi connectivity index (χ4v) is 2.71. The van der Waals surface area contributed by atoms with Crippen molar-refractivity contribution in [3.8, 4) is 0 Å². The highest BCUT2D eigenvalue weighted by Gasteiger charge is 2.20. The maximum atomic E-state index is 4.74. The lowest BCUT2D eigenvalue weighted by atomic mass is 10.00. The Morgan fingerprint density at radius 3 is 2.67 bits per heavy atom. The second kappa shape index (κ2) is 5.01. The van der Waals surface area contributed by atoms with E-state index in [1.54, 1.807) is 0 Å². The number of nitrogens with zero attached hydrogens (tertiary/aromatic N) is 2. The topological polar surface area (TPSA) is 27.6 Å². The SMILES string of the molecule is CC1CCN(C2=NCc3ccccc3CN2)CC1. The van der Waals surface area contributed by atoms with Crippen LogP contribution in [0.25, 0.3) is 0 Å². The summed E-state index contributed by atoms with van der Waals surface area (Å²) in [5.41, 5.74) is 2.73. The van der Waals surface area contributed by atoms with Gasteiger partial charge in [-0.05, 0) is 29.9 Å². The maximum absolute atomic E-state index is 4.74. The molecule has 1 aromatic carbocycles. The minimum absolute atomic E-state index is 0.810. The van der Waals surface area contributed by atoms with Gasteiger partial charge in [-0.25, -0.2) is 4.99 Å². The van der Waals surface area contributed by atoms with Gasteiger partial charge in [0.2, 0.25) is 0 Å². The quantitative estimate of drug-likeness (QED) is 0.757. The van der Waals surface area contributed by atoms with E-state index in [0.29, 0.717) is 0 Å². The highest BCUT2D eigenvalue weighted by atomic mass is 15.3. The molecule has 0 aromatic heterocycles. The summed E-state index contributed by atoms with van der Waals surface area (Å²) in [5.74, 6) is 1.96. The number of aliphatic imine (C=N–C) groups is 1. The summed E-state index contributed by atoms with van der Waals surface area (Å²) in [5, 5.41) is 3.50. The molecule has 2 heterocycles. The molecule has 1 saturated heterocycles. The van der Waals surface area contributed by atoms with Crippen LogP contribution >= 0.6 is 0 Å². The van der Waals surface area contributed by atoms with Gasteiger partial charge in [0.05, 0.1) is 6.54 Å². The second-order valence-corrected chi connectivity index (χ2v) is 5.43. The van der Waals surface area contributed by atoms with E-state index in [2.05, 4.69) is 41.4 Å². The third kappa shape index (κ3) is 2.35. The number of rotatable bonds is 0. The van der Waals surface area contributed by atoms with Crippen molar-refractivity contribution in [1.29, 1.82) is 0 Å². The predicted octanol–water partition coefficient (Wildman–Crippen LogP) is 2.38. The molecule has 18 heavy (non-hydrogen) atoms. The van der Waals surface area contributed by atoms with Crippen LogP contribution in [-0.2, 0) is 13.1 Å². The maximum Gasteiger partial charge on any atom is 0.194 e. The molecule has 0 unspecified atom stereocenters. The van der Waals surface area contributed by atoms with Crippen LogP contribution in [-0.4, -0.2) is 23.9 Å². The van der Waals surface area contributed by atoms with E-state index in [1.807, 2.05) is 0 Å². The Kier molecular flexibility index (Phi) is 3.22. The fraction of sp³-hybridized carbons (Fsp3) is 0.533. The summed E-state index contributed by atoms with van der Waals surface area (Å²) in [6, 6.07) is 8.58. The highest BCUT2D eigenvalue weighted by molar-refractivity contribution is 5.80. The Labute approximate surface area is 109 Å². The molecule has 0 aliphatic carbocycles. The zero-order chi connectivity index (χ0) is 12.4. The minimum Gasteiger partial charge on any atom is -0.352 e. The van der Waals surface area contributed by atoms with E-state index in [0.717, 1.165) is 38.1 Å². The first-order valence-corrected chi connectivity index (χ1v) is 6.93. The summed E-state index contributed by atoms with van der Waals surface area (Å²) in [6.07, 6.45) is 2.57. The molecule has 3 rings (SSSR count). The third-order valence-electron chi connectivity index (χ3n) is 4.04. The number of likely N-dealkylation sites (tertiary alicyclic amines) is 1. The highest BCUT2D eigenvalue weighted by Crippen LogP contribution is 2.18. The van der Waals surface area contributed by atoms with Crippen LogP contribution in [0.5, 0.6) is 0 Å². The lowest BCUT2D eigenvalue weighted by Gasteiger charge is -2.32. The molecule has 1 aromatic rings. The standard InChI is InChI=1S/C15H21N3/c1-12-6-8-18(9-7-12)15-16-10-13-4-2-3-5-14(13)11-17-15/h2-5,12H,6-11H2,1H3,(H,16,17). The van der Waals surface area contributed by atoms with Crippen LogP contribution in [0.1, 0.15) is 30.9 Å². The smallest absolute Gasteiger partial charge is 0.194 e. The first-order valence-electron chi connectivity index (χ1n) is 6.93. The average molecular weight is 243 g/mol. The van der Waals surface area contributed by atoms with Crippen LogP contribution in [0.3, 0.4) is 0 Å². The molecule has 3 heteroatoms. The van der Waals surface area contributed by atoms with Crippen LogP contribution in [0.2, 0.25) is 0 Å². The van der Waals surface area contributed by atoms with Crippen molar-refractivity contribution in [3.05, 3.63) is 35.4 Å². The van der Waals surface area contributed by atoms with Crippen molar-refractivity contribution in [2.45, 2.75) is 32.9 Å². The number of fused-ring (bicyclic) bond motifs is 1. The largest absolute Gasteiger partial charge is 0.352 e. The summed E-state index contributed by atoms with van der Waals surface area (Å²) in [7, 11) is 0. The first kappa shape index (κ1) is 11.6. The van der Waals surface area contributed by atoms with Gasteiger partial charge in [0, 0.05) is 19.6 Å². The normalized spacial score (nSPS) is 20.7. The summed E-state index contributed by atoms with van der Waals surface area (Å²) < 4.78 is 0. The Balaban J connectivity index is 1.71. The van der Waals surface area contributed by atoms with E-state index in [-0.39, 0.29) is 0 Å². The van der Waals surface area contributed by atoms with Crippen LogP contribution in [0, 0.1) is 5.92 Å². The summed E-state index contributed by atoms with van der Waals surface area (Å²) in [4.78, 5) is 7.15. The van der Waals surface area contributed by atoms with Gasteiger partial charge in [-0.1, -0.05) is 31.2 Å². The Hall–Kier alpha value is -1.51. The Morgan fingerprint density at radius 2 is 1.89 bits per heavy atom. The van der Waals surface area contributed by atoms with E-state index in [4.69, 9.17) is 4.99 Å². The lowest BCUT2D eigenvalue weighted by Crippen LogP contribution is -2.44. The van der Waals surface area contributed by atoms with Crippen molar-refractivity contribution in [2.24, 2.45) is 10.9 Å². The molecule has 2 aliphatic rings. The number of hydrogen-bond donors (Lipinski definition) is 1. The molecule has 1 fully saturated rings. The van der Waals surface area contributed by atoms with Gasteiger partial charge in [-0.2, -0.15) is 0 Å². The molecule has 0 atom stereocenters. The fourth-order valence-electron chi connectivity index (χ4n) is 2.71. The molecule has 0 saturated carbocycles. The van der Waals surface area contributed by atoms with Crippen molar-refractivity contribution >= 4 is 5.96 Å². The molecular formula is C15H21N3. The van der Waals surface area contributed by atoms with Gasteiger partial charge in [-0.3, -0.25) is 0 Å². The monoisotopic (exact) mass is 243 g/mol. The molecule has 2 aliphatic heterocycles. The van der Waals surface area contributed by atoms with Crippen molar-refractivity contribution in [3.63, 3.8) is 0 Å². The molecule has 0 amide bonds. The van der Waals surface area contributed by atoms with Gasteiger partial charge in [0.25, 0.3) is 0 Å². The van der Waals surface area contributed by atoms with Gasteiger partial charge < -0.3 is 10.2 Å². The predicted molar refractivity (Wildman–Crippen MR) is 74.4 cm³/mol. The van der Waals surface area contributed by atoms with Crippen molar-refractivity contribution in [2.75, 3.05) is 13.1 Å². The minimum atomic E-state index is 0.810. The van der Waals surface area contributed by atoms with E-state index in [9.17, 15) is 0 Å². The van der Waals surface area contributed by atoms with Crippen LogP contribution in [0.4, 0.5) is 0 Å². The Bertz CT molecular complexity index is 445. The summed E-state index contributed by atoms with van der Waals surface area (Å²) in [6.45, 7) is 6.34. The third-order valence-corrected chi connectivity index (χ3v) is 4.04. The van der Waals surface area contributed by atoms with Gasteiger partial charge >= 0.3 is 0 Å². The number of guanidine groups is 1. The van der Waals surface area contributed by atoms with Crippen LogP contribution in [0.15, 0.2) is 29.3 Å². The van der Waals surface area contributed by atoms with E-state index >= 15 is 0 Å². The number of benzene rings is 1. The van der Waals surface area contributed by atoms with Crippen molar-refractivity contribution < 1.29 is 0 Å². The van der Waals surface area contributed by atoms with E-state index in [1.165, 1.54) is 24.0 Å². The molecule has 0 bridgehead atoms. The Morgan fingerprint density at radius 1 is 1.17 bits per heavy atom. The molecule has 1 N–H and O–H groups in total. The lowest BCUT2D eigenvalue weighted by molar-refractivity contribution is 0.273. The van der Waals surface area contributed by atoms with Gasteiger partial charge in [0.1, 0.15) is 0 Å². The second-order valence-electron chi connectivity index (χ2n) is 5.43. The van der Waals surface area contributed by atoms with E-state index < -0.39 is 0 Å². The average Bonchev–Trinajstić information content (AvgIpc) is 2.62. The zero-order valence-corrected chi connectivity index (χ0v) is 11.0. The molecule has 3 nitrogen and oxygen atoms in total. The first-order chi connectivity index (χ1) is 8.83. The number of hydrogen-bond acceptors (Lipinski definition) is 3. The number of nitrogens with one attached hydrogen (secondary N) is 1. The van der Waals surface area contributed by atoms with Crippen molar-refractivity contribution in [1.82, 2.24) is 10.2 Å². The molecule has 0 radical (unpaired) electrons. The molecular weight excluding hydrogens is 222 g/mol. The van der Waals surface area contributed by atoms with Crippen LogP contribution < -0.4 is 5.32 Å². The molecule has 0 spiro atoms. The number of piperidine rings is 1. The molecule has 96 valence electrons. The zero-order valence-electron chi connectivity index (χ0n) is 11.0.